The number of hydrogen-bond donors (Lipinski definition) is 1. The topological polar surface area (TPSA) is 73.9 Å². The molecule has 2 atom stereocenters. The summed E-state index contributed by atoms with van der Waals surface area (Å²) in [4.78, 5) is 27.2. The Bertz CT molecular complexity index is 1200. The van der Waals surface area contributed by atoms with Crippen LogP contribution in [0.3, 0.4) is 0 Å². The molecule has 0 bridgehead atoms. The molecule has 6 nitrogen and oxygen atoms in total. The Morgan fingerprint density at radius 1 is 0.861 bits per heavy atom. The highest BCUT2D eigenvalue weighted by Crippen LogP contribution is 2.46. The highest BCUT2D eigenvalue weighted by molar-refractivity contribution is 6.04. The fourth-order valence-corrected chi connectivity index (χ4v) is 5.77. The number of Topliss-reactive ketones (excluding diaryl/α,β-unsaturated/α-hetero) is 1. The fourth-order valence-electron chi connectivity index (χ4n) is 5.77. The zero-order chi connectivity index (χ0) is 25.2. The van der Waals surface area contributed by atoms with E-state index < -0.39 is 5.92 Å². The third-order valence-corrected chi connectivity index (χ3v) is 7.66. The largest absolute Gasteiger partial charge is 0.497 e. The Morgan fingerprint density at radius 3 is 2.03 bits per heavy atom. The molecule has 2 unspecified atom stereocenters. The van der Waals surface area contributed by atoms with Gasteiger partial charge in [0.25, 0.3) is 0 Å². The quantitative estimate of drug-likeness (QED) is 0.539. The van der Waals surface area contributed by atoms with Crippen molar-refractivity contribution in [3.63, 3.8) is 0 Å². The lowest BCUT2D eigenvalue weighted by molar-refractivity contribution is -0.144. The van der Waals surface area contributed by atoms with Gasteiger partial charge in [-0.1, -0.05) is 24.3 Å². The maximum Gasteiger partial charge on any atom is 0.337 e. The van der Waals surface area contributed by atoms with Gasteiger partial charge in [0.15, 0.2) is 5.78 Å². The first-order valence-electron chi connectivity index (χ1n) is 12.7. The molecule has 1 aliphatic heterocycles. The van der Waals surface area contributed by atoms with Crippen molar-refractivity contribution < 1.29 is 23.8 Å². The average molecular weight is 488 g/mol. The first kappa shape index (κ1) is 24.2. The summed E-state index contributed by atoms with van der Waals surface area (Å²) in [6.45, 7) is 1.91. The Kier molecular flexibility index (Phi) is 6.86. The summed E-state index contributed by atoms with van der Waals surface area (Å²) in [6.07, 6.45) is 5.00. The molecular formula is C30H33NO5. The zero-order valence-corrected chi connectivity index (χ0v) is 21.1. The van der Waals surface area contributed by atoms with Crippen LogP contribution in [0.4, 0.5) is 0 Å². The summed E-state index contributed by atoms with van der Waals surface area (Å²) < 4.78 is 16.6. The number of ketones is 1. The van der Waals surface area contributed by atoms with Gasteiger partial charge in [-0.3, -0.25) is 4.79 Å². The van der Waals surface area contributed by atoms with Crippen molar-refractivity contribution in [2.75, 3.05) is 14.2 Å². The predicted octanol–water partition coefficient (Wildman–Crippen LogP) is 5.55. The third-order valence-electron chi connectivity index (χ3n) is 7.66. The van der Waals surface area contributed by atoms with Gasteiger partial charge in [-0.25, -0.2) is 4.79 Å². The molecule has 6 heteroatoms. The minimum Gasteiger partial charge on any atom is -0.497 e. The van der Waals surface area contributed by atoms with E-state index in [-0.39, 0.29) is 23.8 Å². The summed E-state index contributed by atoms with van der Waals surface area (Å²) in [5.41, 5.74) is 4.84. The van der Waals surface area contributed by atoms with Gasteiger partial charge >= 0.3 is 5.97 Å². The average Bonchev–Trinajstić information content (AvgIpc) is 3.40. The van der Waals surface area contributed by atoms with Gasteiger partial charge in [0, 0.05) is 29.3 Å². The van der Waals surface area contributed by atoms with E-state index in [1.807, 2.05) is 55.5 Å². The number of ether oxygens (including phenoxy) is 3. The Balaban J connectivity index is 1.52. The molecule has 1 fully saturated rings. The van der Waals surface area contributed by atoms with Crippen LogP contribution in [0, 0.1) is 0 Å². The molecule has 3 aliphatic rings. The molecule has 1 heterocycles. The van der Waals surface area contributed by atoms with Crippen molar-refractivity contribution >= 4 is 11.8 Å². The monoisotopic (exact) mass is 487 g/mol. The lowest BCUT2D eigenvalue weighted by atomic mass is 9.71. The first-order chi connectivity index (χ1) is 17.5. The number of allylic oxidation sites excluding steroid dienone is 3. The maximum absolute atomic E-state index is 13.7. The molecule has 0 amide bonds. The van der Waals surface area contributed by atoms with Crippen molar-refractivity contribution in [3.05, 3.63) is 82.2 Å². The number of benzene rings is 2. The number of hydrogen-bond acceptors (Lipinski definition) is 6. The minimum absolute atomic E-state index is 0.0498. The van der Waals surface area contributed by atoms with E-state index in [1.165, 1.54) is 0 Å². The van der Waals surface area contributed by atoms with E-state index in [4.69, 9.17) is 14.2 Å². The smallest absolute Gasteiger partial charge is 0.337 e. The van der Waals surface area contributed by atoms with Crippen LogP contribution in [0.15, 0.2) is 71.1 Å². The van der Waals surface area contributed by atoms with Gasteiger partial charge in [-0.15, -0.1) is 0 Å². The molecule has 1 N–H and O–H groups in total. The van der Waals surface area contributed by atoms with Crippen LogP contribution in [-0.2, 0) is 14.3 Å². The van der Waals surface area contributed by atoms with E-state index in [0.717, 1.165) is 59.7 Å². The Morgan fingerprint density at radius 2 is 1.44 bits per heavy atom. The highest BCUT2D eigenvalue weighted by Gasteiger charge is 2.42. The van der Waals surface area contributed by atoms with Gasteiger partial charge in [0.1, 0.15) is 17.6 Å². The van der Waals surface area contributed by atoms with E-state index >= 15 is 0 Å². The van der Waals surface area contributed by atoms with Crippen molar-refractivity contribution in [1.82, 2.24) is 5.32 Å². The second kappa shape index (κ2) is 10.2. The van der Waals surface area contributed by atoms with Crippen LogP contribution >= 0.6 is 0 Å². The summed E-state index contributed by atoms with van der Waals surface area (Å²) in [7, 11) is 3.27. The molecule has 0 spiro atoms. The number of nitrogens with one attached hydrogen (secondary N) is 1. The second-order valence-electron chi connectivity index (χ2n) is 9.88. The molecule has 2 aromatic rings. The minimum atomic E-state index is -0.467. The molecule has 2 aromatic carbocycles. The fraction of sp³-hybridized carbons (Fsp3) is 0.400. The number of dihydropyridines is 1. The summed E-state index contributed by atoms with van der Waals surface area (Å²) in [5.74, 6) is 0.845. The second-order valence-corrected chi connectivity index (χ2v) is 9.88. The lowest BCUT2D eigenvalue weighted by Crippen LogP contribution is -2.36. The number of carbonyl (C=O) groups excluding carboxylic acids is 2. The number of rotatable bonds is 6. The standard InChI is InChI=1S/C30H33NO5/c1-18-27(30(33)36-24-6-4-5-7-24)28(20-10-14-23(35-3)15-11-20)29-25(31-18)16-21(17-26(29)32)19-8-12-22(34-2)13-9-19/h8-15,21,24,28,31H,4-7,16-17H2,1-3H3. The Labute approximate surface area is 212 Å². The number of esters is 1. The SMILES string of the molecule is COc1ccc(C2CC(=O)C3=C(C2)NC(C)=C(C(=O)OC2CCCC2)C3c2ccc(OC)cc2)cc1. The molecule has 0 aromatic heterocycles. The van der Waals surface area contributed by atoms with E-state index in [1.54, 1.807) is 14.2 Å². The van der Waals surface area contributed by atoms with E-state index in [9.17, 15) is 9.59 Å². The number of methoxy groups -OCH3 is 2. The van der Waals surface area contributed by atoms with Crippen LogP contribution in [-0.4, -0.2) is 32.1 Å². The normalized spacial score (nSPS) is 22.2. The summed E-state index contributed by atoms with van der Waals surface area (Å²) in [6, 6.07) is 15.6. The van der Waals surface area contributed by atoms with E-state index in [0.29, 0.717) is 24.0 Å². The molecule has 36 heavy (non-hydrogen) atoms. The van der Waals surface area contributed by atoms with Gasteiger partial charge in [-0.05, 0) is 80.3 Å². The van der Waals surface area contributed by atoms with Gasteiger partial charge in [0.2, 0.25) is 0 Å². The van der Waals surface area contributed by atoms with Crippen molar-refractivity contribution in [2.45, 2.75) is 63.4 Å². The third kappa shape index (κ3) is 4.64. The van der Waals surface area contributed by atoms with Crippen molar-refractivity contribution in [1.29, 1.82) is 0 Å². The number of carbonyl (C=O) groups is 2. The van der Waals surface area contributed by atoms with Gasteiger partial charge in [0.05, 0.1) is 19.8 Å². The van der Waals surface area contributed by atoms with Crippen LogP contribution in [0.1, 0.15) is 68.4 Å². The summed E-state index contributed by atoms with van der Waals surface area (Å²) in [5, 5.41) is 3.44. The van der Waals surface area contributed by atoms with Crippen molar-refractivity contribution in [3.8, 4) is 11.5 Å². The van der Waals surface area contributed by atoms with Gasteiger partial charge in [-0.2, -0.15) is 0 Å². The Hall–Kier alpha value is -3.54. The molecule has 188 valence electrons. The van der Waals surface area contributed by atoms with E-state index in [2.05, 4.69) is 5.32 Å². The molecule has 0 radical (unpaired) electrons. The van der Waals surface area contributed by atoms with Gasteiger partial charge < -0.3 is 19.5 Å². The van der Waals surface area contributed by atoms with Crippen molar-refractivity contribution in [2.24, 2.45) is 0 Å². The first-order valence-corrected chi connectivity index (χ1v) is 12.7. The lowest BCUT2D eigenvalue weighted by Gasteiger charge is -2.37. The molecular weight excluding hydrogens is 454 g/mol. The maximum atomic E-state index is 13.7. The predicted molar refractivity (Wildman–Crippen MR) is 137 cm³/mol. The molecule has 5 rings (SSSR count). The molecule has 1 saturated carbocycles. The zero-order valence-electron chi connectivity index (χ0n) is 21.1. The molecule has 2 aliphatic carbocycles. The van der Waals surface area contributed by atoms with Crippen LogP contribution < -0.4 is 14.8 Å². The summed E-state index contributed by atoms with van der Waals surface area (Å²) >= 11 is 0. The van der Waals surface area contributed by atoms with Crippen LogP contribution in [0.25, 0.3) is 0 Å². The van der Waals surface area contributed by atoms with Crippen LogP contribution in [0.2, 0.25) is 0 Å². The highest BCUT2D eigenvalue weighted by atomic mass is 16.5. The molecule has 0 saturated heterocycles. The van der Waals surface area contributed by atoms with Crippen LogP contribution in [0.5, 0.6) is 11.5 Å².